The molecule has 0 N–H and O–H groups in total. The number of hydrogen-bond acceptors (Lipinski definition) is 2. The first-order valence-electron chi connectivity index (χ1n) is 5.31. The molecule has 0 saturated carbocycles. The third kappa shape index (κ3) is 2.45. The SMILES string of the molecule is CO/C(c1ccccc1)=[N+](\[O-])c1ccccc1. The van der Waals surface area contributed by atoms with Crippen molar-refractivity contribution >= 4 is 11.6 Å². The molecule has 2 aromatic carbocycles. The summed E-state index contributed by atoms with van der Waals surface area (Å²) in [5.74, 6) is 0.289. The maximum absolute atomic E-state index is 12.1. The molecule has 3 nitrogen and oxygen atoms in total. The quantitative estimate of drug-likeness (QED) is 0.260. The second-order valence-electron chi connectivity index (χ2n) is 3.51. The number of benzene rings is 2. The Balaban J connectivity index is 2.48. The highest BCUT2D eigenvalue weighted by molar-refractivity contribution is 5.90. The smallest absolute Gasteiger partial charge is 0.387 e. The highest BCUT2D eigenvalue weighted by Gasteiger charge is 2.14. The van der Waals surface area contributed by atoms with Crippen LogP contribution in [-0.4, -0.2) is 17.7 Å². The van der Waals surface area contributed by atoms with E-state index in [1.54, 1.807) is 12.1 Å². The van der Waals surface area contributed by atoms with Crippen LogP contribution in [0.3, 0.4) is 0 Å². The fraction of sp³-hybridized carbons (Fsp3) is 0.0714. The molecule has 86 valence electrons. The van der Waals surface area contributed by atoms with Crippen LogP contribution in [0.2, 0.25) is 0 Å². The molecule has 0 unspecified atom stereocenters. The molecule has 0 aromatic heterocycles. The van der Waals surface area contributed by atoms with E-state index in [2.05, 4.69) is 0 Å². The third-order valence-corrected chi connectivity index (χ3v) is 2.39. The summed E-state index contributed by atoms with van der Waals surface area (Å²) in [5, 5.41) is 12.1. The van der Waals surface area contributed by atoms with E-state index < -0.39 is 0 Å². The van der Waals surface area contributed by atoms with Crippen LogP contribution in [0, 0.1) is 5.21 Å². The summed E-state index contributed by atoms with van der Waals surface area (Å²) in [7, 11) is 1.50. The molecule has 0 atom stereocenters. The van der Waals surface area contributed by atoms with Gasteiger partial charge in [0.05, 0.1) is 12.7 Å². The molecule has 17 heavy (non-hydrogen) atoms. The van der Waals surface area contributed by atoms with E-state index in [9.17, 15) is 5.21 Å². The van der Waals surface area contributed by atoms with Gasteiger partial charge in [-0.3, -0.25) is 0 Å². The van der Waals surface area contributed by atoms with E-state index >= 15 is 0 Å². The molecule has 0 aliphatic carbocycles. The predicted octanol–water partition coefficient (Wildman–Crippen LogP) is 2.92. The van der Waals surface area contributed by atoms with Crippen LogP contribution in [0.5, 0.6) is 0 Å². The number of ether oxygens (including phenoxy) is 1. The summed E-state index contributed by atoms with van der Waals surface area (Å²) in [6.07, 6.45) is 0. The van der Waals surface area contributed by atoms with E-state index in [0.717, 1.165) is 10.3 Å². The van der Waals surface area contributed by atoms with E-state index in [4.69, 9.17) is 4.74 Å². The van der Waals surface area contributed by atoms with E-state index in [-0.39, 0.29) is 5.90 Å². The summed E-state index contributed by atoms with van der Waals surface area (Å²) in [5.41, 5.74) is 1.31. The van der Waals surface area contributed by atoms with Gasteiger partial charge in [0.25, 0.3) is 0 Å². The lowest BCUT2D eigenvalue weighted by atomic mass is 10.2. The van der Waals surface area contributed by atoms with Gasteiger partial charge >= 0.3 is 5.90 Å². The van der Waals surface area contributed by atoms with Crippen molar-refractivity contribution < 1.29 is 9.48 Å². The zero-order valence-electron chi connectivity index (χ0n) is 9.54. The standard InChI is InChI=1S/C14H13NO2/c1-17-14(12-8-4-2-5-9-12)15(16)13-10-6-3-7-11-13/h2-11H,1H3/b15-14-. The van der Waals surface area contributed by atoms with Crippen molar-refractivity contribution in [2.75, 3.05) is 7.11 Å². The van der Waals surface area contributed by atoms with Crippen molar-refractivity contribution in [1.82, 2.24) is 0 Å². The molecule has 0 heterocycles. The fourth-order valence-corrected chi connectivity index (χ4v) is 1.58. The lowest BCUT2D eigenvalue weighted by molar-refractivity contribution is -0.371. The Morgan fingerprint density at radius 3 is 2.00 bits per heavy atom. The number of para-hydroxylation sites is 1. The third-order valence-electron chi connectivity index (χ3n) is 2.39. The van der Waals surface area contributed by atoms with Crippen molar-refractivity contribution in [1.29, 1.82) is 0 Å². The van der Waals surface area contributed by atoms with Crippen LogP contribution < -0.4 is 0 Å². The molecular formula is C14H13NO2. The molecule has 0 bridgehead atoms. The Bertz CT molecular complexity index is 506. The molecule has 0 aliphatic heterocycles. The van der Waals surface area contributed by atoms with Gasteiger partial charge in [-0.15, -0.1) is 4.74 Å². The summed E-state index contributed by atoms with van der Waals surface area (Å²) in [4.78, 5) is 0. The minimum absolute atomic E-state index is 0.289. The van der Waals surface area contributed by atoms with Crippen molar-refractivity contribution in [2.24, 2.45) is 0 Å². The van der Waals surface area contributed by atoms with Gasteiger partial charge in [-0.05, 0) is 12.1 Å². The fourth-order valence-electron chi connectivity index (χ4n) is 1.58. The summed E-state index contributed by atoms with van der Waals surface area (Å²) in [6.45, 7) is 0. The largest absolute Gasteiger partial charge is 0.616 e. The van der Waals surface area contributed by atoms with Gasteiger partial charge in [0.1, 0.15) is 0 Å². The Morgan fingerprint density at radius 1 is 0.941 bits per heavy atom. The zero-order valence-corrected chi connectivity index (χ0v) is 9.54. The van der Waals surface area contributed by atoms with Crippen molar-refractivity contribution in [2.45, 2.75) is 0 Å². The predicted molar refractivity (Wildman–Crippen MR) is 67.3 cm³/mol. The first-order chi connectivity index (χ1) is 8.33. The molecule has 0 fully saturated rings. The van der Waals surface area contributed by atoms with E-state index in [1.807, 2.05) is 48.5 Å². The van der Waals surface area contributed by atoms with Crippen LogP contribution in [0.1, 0.15) is 5.56 Å². The number of nitrogens with zero attached hydrogens (tertiary/aromatic N) is 1. The minimum Gasteiger partial charge on any atom is -0.616 e. The molecule has 0 saturated heterocycles. The van der Waals surface area contributed by atoms with Gasteiger partial charge in [0.15, 0.2) is 0 Å². The highest BCUT2D eigenvalue weighted by Crippen LogP contribution is 2.12. The Labute approximate surface area is 100 Å². The summed E-state index contributed by atoms with van der Waals surface area (Å²) in [6, 6.07) is 18.3. The van der Waals surface area contributed by atoms with E-state index in [1.165, 1.54) is 7.11 Å². The topological polar surface area (TPSA) is 35.3 Å². The van der Waals surface area contributed by atoms with Gasteiger partial charge in [-0.1, -0.05) is 36.4 Å². The molecule has 0 spiro atoms. The summed E-state index contributed by atoms with van der Waals surface area (Å²) < 4.78 is 5.97. The molecule has 2 rings (SSSR count). The van der Waals surface area contributed by atoms with E-state index in [0.29, 0.717) is 5.69 Å². The molecule has 0 aliphatic rings. The highest BCUT2D eigenvalue weighted by atomic mass is 16.5. The summed E-state index contributed by atoms with van der Waals surface area (Å²) >= 11 is 0. The molecule has 0 radical (unpaired) electrons. The molecule has 2 aromatic rings. The Hall–Kier alpha value is -2.29. The molecule has 3 heteroatoms. The Morgan fingerprint density at radius 2 is 1.47 bits per heavy atom. The lowest BCUT2D eigenvalue weighted by Crippen LogP contribution is -2.15. The van der Waals surface area contributed by atoms with Crippen LogP contribution in [-0.2, 0) is 4.74 Å². The van der Waals surface area contributed by atoms with Crippen LogP contribution >= 0.6 is 0 Å². The van der Waals surface area contributed by atoms with Crippen molar-refractivity contribution in [3.05, 3.63) is 71.4 Å². The second kappa shape index (κ2) is 5.16. The van der Waals surface area contributed by atoms with Crippen molar-refractivity contribution in [3.8, 4) is 0 Å². The Kier molecular flexibility index (Phi) is 3.40. The first-order valence-corrected chi connectivity index (χ1v) is 5.31. The van der Waals surface area contributed by atoms with Gasteiger partial charge in [0.2, 0.25) is 5.69 Å². The first kappa shape index (κ1) is 11.2. The maximum atomic E-state index is 12.1. The number of rotatable bonds is 2. The minimum atomic E-state index is 0.289. The average molecular weight is 227 g/mol. The van der Waals surface area contributed by atoms with Gasteiger partial charge in [-0.2, -0.15) is 0 Å². The van der Waals surface area contributed by atoms with Crippen LogP contribution in [0.25, 0.3) is 0 Å². The van der Waals surface area contributed by atoms with Crippen molar-refractivity contribution in [3.63, 3.8) is 0 Å². The monoisotopic (exact) mass is 227 g/mol. The molecular weight excluding hydrogens is 214 g/mol. The van der Waals surface area contributed by atoms with Crippen LogP contribution in [0.4, 0.5) is 5.69 Å². The normalized spacial score (nSPS) is 11.8. The number of hydrogen-bond donors (Lipinski definition) is 0. The maximum Gasteiger partial charge on any atom is 0.387 e. The second-order valence-corrected chi connectivity index (χ2v) is 3.51. The van der Waals surface area contributed by atoms with Gasteiger partial charge in [-0.25, -0.2) is 0 Å². The average Bonchev–Trinajstić information content (AvgIpc) is 2.42. The van der Waals surface area contributed by atoms with Gasteiger partial charge < -0.3 is 9.94 Å². The van der Waals surface area contributed by atoms with Crippen LogP contribution in [0.15, 0.2) is 60.7 Å². The van der Waals surface area contributed by atoms with Gasteiger partial charge in [0, 0.05) is 12.1 Å². The number of methoxy groups -OCH3 is 1. The molecule has 0 amide bonds. The zero-order chi connectivity index (χ0) is 12.1. The lowest BCUT2D eigenvalue weighted by Gasteiger charge is -2.08.